The number of nitrogens with zero attached hydrogens (tertiary/aromatic N) is 3. The fourth-order valence-electron chi connectivity index (χ4n) is 2.69. The molecular weight excluding hydrogens is 212 g/mol. The summed E-state index contributed by atoms with van der Waals surface area (Å²) in [7, 11) is 1.95. The number of fused-ring (bicyclic) bond motifs is 1. The van der Waals surface area contributed by atoms with Gasteiger partial charge in [-0.25, -0.2) is 0 Å². The van der Waals surface area contributed by atoms with Crippen molar-refractivity contribution in [2.75, 3.05) is 0 Å². The van der Waals surface area contributed by atoms with Gasteiger partial charge in [-0.15, -0.1) is 0 Å². The molecule has 2 N–H and O–H groups in total. The van der Waals surface area contributed by atoms with E-state index in [9.17, 15) is 0 Å². The summed E-state index contributed by atoms with van der Waals surface area (Å²) < 4.78 is 4.16. The molecule has 1 unspecified atom stereocenters. The minimum Gasteiger partial charge on any atom is -0.347 e. The zero-order valence-electron chi connectivity index (χ0n) is 10.1. The first kappa shape index (κ1) is 10.6. The maximum absolute atomic E-state index is 6.13. The molecule has 0 saturated carbocycles. The fourth-order valence-corrected chi connectivity index (χ4v) is 2.69. The Balaban J connectivity index is 1.89. The van der Waals surface area contributed by atoms with Crippen LogP contribution >= 0.6 is 0 Å². The lowest BCUT2D eigenvalue weighted by molar-refractivity contribution is 0.548. The van der Waals surface area contributed by atoms with Gasteiger partial charge in [-0.2, -0.15) is 5.10 Å². The van der Waals surface area contributed by atoms with E-state index in [-0.39, 0.29) is 6.04 Å². The quantitative estimate of drug-likeness (QED) is 0.852. The minimum atomic E-state index is 0.230. The second-order valence-electron chi connectivity index (χ2n) is 4.87. The van der Waals surface area contributed by atoms with Crippen molar-refractivity contribution in [3.05, 3.63) is 41.5 Å². The Morgan fingerprint density at radius 3 is 3.18 bits per heavy atom. The van der Waals surface area contributed by atoms with Gasteiger partial charge in [-0.05, 0) is 30.9 Å². The van der Waals surface area contributed by atoms with Gasteiger partial charge in [0.25, 0.3) is 0 Å². The molecule has 4 heteroatoms. The minimum absolute atomic E-state index is 0.230. The normalized spacial score (nSPS) is 19.3. The third-order valence-corrected chi connectivity index (χ3v) is 3.55. The standard InChI is InChI=1S/C13H18N4/c1-16-8-10(7-15-16)9-17-6-5-11-12(14)3-2-4-13(11)17/h5-8,12H,2-4,9,14H2,1H3. The van der Waals surface area contributed by atoms with E-state index in [1.165, 1.54) is 23.2 Å². The topological polar surface area (TPSA) is 48.8 Å². The highest BCUT2D eigenvalue weighted by Gasteiger charge is 2.20. The van der Waals surface area contributed by atoms with Gasteiger partial charge in [-0.1, -0.05) is 0 Å². The van der Waals surface area contributed by atoms with Gasteiger partial charge < -0.3 is 10.3 Å². The molecule has 1 aliphatic carbocycles. The number of rotatable bonds is 2. The molecule has 4 nitrogen and oxygen atoms in total. The van der Waals surface area contributed by atoms with Crippen LogP contribution in [0, 0.1) is 0 Å². The summed E-state index contributed by atoms with van der Waals surface area (Å²) in [5, 5.41) is 4.20. The number of aryl methyl sites for hydroxylation is 1. The summed E-state index contributed by atoms with van der Waals surface area (Å²) in [5.74, 6) is 0. The fraction of sp³-hybridized carbons (Fsp3) is 0.462. The highest BCUT2D eigenvalue weighted by molar-refractivity contribution is 5.29. The monoisotopic (exact) mass is 230 g/mol. The molecular formula is C13H18N4. The number of aromatic nitrogens is 3. The maximum atomic E-state index is 6.13. The smallest absolute Gasteiger partial charge is 0.0539 e. The molecule has 0 aliphatic heterocycles. The number of hydrogen-bond donors (Lipinski definition) is 1. The Bertz CT molecular complexity index is 523. The van der Waals surface area contributed by atoms with E-state index in [4.69, 9.17) is 5.73 Å². The van der Waals surface area contributed by atoms with Crippen molar-refractivity contribution in [1.82, 2.24) is 14.3 Å². The molecule has 3 rings (SSSR count). The molecule has 0 radical (unpaired) electrons. The zero-order chi connectivity index (χ0) is 11.8. The molecule has 90 valence electrons. The predicted molar refractivity (Wildman–Crippen MR) is 66.6 cm³/mol. The Morgan fingerprint density at radius 1 is 1.53 bits per heavy atom. The van der Waals surface area contributed by atoms with Crippen molar-refractivity contribution < 1.29 is 0 Å². The van der Waals surface area contributed by atoms with E-state index in [1.54, 1.807) is 0 Å². The lowest BCUT2D eigenvalue weighted by Crippen LogP contribution is -2.18. The molecule has 2 aromatic rings. The van der Waals surface area contributed by atoms with Gasteiger partial charge in [0.2, 0.25) is 0 Å². The SMILES string of the molecule is Cn1cc(Cn2ccc3c2CCCC3N)cn1. The van der Waals surface area contributed by atoms with Gasteiger partial charge in [0, 0.05) is 36.7 Å². The zero-order valence-corrected chi connectivity index (χ0v) is 10.1. The van der Waals surface area contributed by atoms with Crippen molar-refractivity contribution in [3.8, 4) is 0 Å². The first-order chi connectivity index (χ1) is 8.24. The first-order valence-electron chi connectivity index (χ1n) is 6.15. The van der Waals surface area contributed by atoms with Crippen LogP contribution in [0.25, 0.3) is 0 Å². The molecule has 2 aromatic heterocycles. The van der Waals surface area contributed by atoms with E-state index in [1.807, 2.05) is 17.9 Å². The van der Waals surface area contributed by atoms with Gasteiger partial charge in [0.1, 0.15) is 0 Å². The predicted octanol–water partition coefficient (Wildman–Crippen LogP) is 1.61. The molecule has 0 fully saturated rings. The van der Waals surface area contributed by atoms with E-state index in [2.05, 4.69) is 28.1 Å². The third-order valence-electron chi connectivity index (χ3n) is 3.55. The summed E-state index contributed by atoms with van der Waals surface area (Å²) in [5.41, 5.74) is 10.1. The van der Waals surface area contributed by atoms with Crippen LogP contribution in [0.5, 0.6) is 0 Å². The Hall–Kier alpha value is -1.55. The van der Waals surface area contributed by atoms with Crippen LogP contribution in [0.15, 0.2) is 24.7 Å². The maximum Gasteiger partial charge on any atom is 0.0539 e. The summed E-state index contributed by atoms with van der Waals surface area (Å²) in [4.78, 5) is 0. The molecule has 0 spiro atoms. The van der Waals surface area contributed by atoms with Crippen molar-refractivity contribution in [3.63, 3.8) is 0 Å². The molecule has 0 aromatic carbocycles. The second-order valence-corrected chi connectivity index (χ2v) is 4.87. The van der Waals surface area contributed by atoms with Crippen LogP contribution in [0.2, 0.25) is 0 Å². The van der Waals surface area contributed by atoms with Crippen molar-refractivity contribution in [2.24, 2.45) is 12.8 Å². The summed E-state index contributed by atoms with van der Waals surface area (Å²) in [6.45, 7) is 0.899. The second kappa shape index (κ2) is 4.04. The average Bonchev–Trinajstić information content (AvgIpc) is 2.88. The number of hydrogen-bond acceptors (Lipinski definition) is 2. The highest BCUT2D eigenvalue weighted by Crippen LogP contribution is 2.29. The van der Waals surface area contributed by atoms with E-state index >= 15 is 0 Å². The molecule has 0 amide bonds. The molecule has 17 heavy (non-hydrogen) atoms. The van der Waals surface area contributed by atoms with Gasteiger partial charge >= 0.3 is 0 Å². The largest absolute Gasteiger partial charge is 0.347 e. The van der Waals surface area contributed by atoms with Crippen LogP contribution in [0.4, 0.5) is 0 Å². The molecule has 0 bridgehead atoms. The summed E-state index contributed by atoms with van der Waals surface area (Å²) in [6, 6.07) is 2.41. The van der Waals surface area contributed by atoms with Crippen LogP contribution in [0.1, 0.15) is 35.7 Å². The van der Waals surface area contributed by atoms with E-state index in [0.717, 1.165) is 19.4 Å². The highest BCUT2D eigenvalue weighted by atomic mass is 15.2. The Morgan fingerprint density at radius 2 is 2.41 bits per heavy atom. The Kier molecular flexibility index (Phi) is 2.52. The number of nitrogens with two attached hydrogens (primary N) is 1. The Labute approximate surface area is 101 Å². The van der Waals surface area contributed by atoms with Gasteiger partial charge in [0.15, 0.2) is 0 Å². The van der Waals surface area contributed by atoms with Crippen molar-refractivity contribution in [1.29, 1.82) is 0 Å². The van der Waals surface area contributed by atoms with Crippen LogP contribution in [0.3, 0.4) is 0 Å². The first-order valence-corrected chi connectivity index (χ1v) is 6.15. The van der Waals surface area contributed by atoms with Gasteiger partial charge in [-0.3, -0.25) is 4.68 Å². The molecule has 2 heterocycles. The molecule has 0 saturated heterocycles. The lowest BCUT2D eigenvalue weighted by Gasteiger charge is -2.20. The van der Waals surface area contributed by atoms with Crippen molar-refractivity contribution >= 4 is 0 Å². The average molecular weight is 230 g/mol. The van der Waals surface area contributed by atoms with Crippen LogP contribution < -0.4 is 5.73 Å². The van der Waals surface area contributed by atoms with Gasteiger partial charge in [0.05, 0.1) is 12.7 Å². The van der Waals surface area contributed by atoms with Crippen LogP contribution in [-0.2, 0) is 20.0 Å². The van der Waals surface area contributed by atoms with Crippen molar-refractivity contribution in [2.45, 2.75) is 31.8 Å². The lowest BCUT2D eigenvalue weighted by atomic mass is 9.93. The van der Waals surface area contributed by atoms with Crippen LogP contribution in [-0.4, -0.2) is 14.3 Å². The summed E-state index contributed by atoms with van der Waals surface area (Å²) in [6.07, 6.45) is 9.61. The summed E-state index contributed by atoms with van der Waals surface area (Å²) >= 11 is 0. The molecule has 1 aliphatic rings. The van der Waals surface area contributed by atoms with E-state index in [0.29, 0.717) is 0 Å². The van der Waals surface area contributed by atoms with E-state index < -0.39 is 0 Å². The molecule has 1 atom stereocenters. The third kappa shape index (κ3) is 1.89.